The standard InChI is InChI=1S/C24H21ClN4O2/c25-20-12-19(24(31)22-18(20)9-5-11-28-22)23(17-7-2-1-3-8-17)29(15-21(26)30)14-16-6-4-10-27-13-16/h1-13,23,31H,14-15H2,(H2,26,30). The third kappa shape index (κ3) is 4.50. The van der Waals surface area contributed by atoms with Crippen molar-refractivity contribution in [2.24, 2.45) is 5.73 Å². The highest BCUT2D eigenvalue weighted by atomic mass is 35.5. The van der Waals surface area contributed by atoms with Crippen molar-refractivity contribution in [2.75, 3.05) is 6.54 Å². The lowest BCUT2D eigenvalue weighted by atomic mass is 9.94. The highest BCUT2D eigenvalue weighted by molar-refractivity contribution is 6.35. The zero-order valence-electron chi connectivity index (χ0n) is 16.6. The highest BCUT2D eigenvalue weighted by Crippen LogP contribution is 2.41. The Balaban J connectivity index is 1.90. The van der Waals surface area contributed by atoms with Crippen LogP contribution in [-0.4, -0.2) is 32.4 Å². The molecule has 0 aliphatic rings. The van der Waals surface area contributed by atoms with Gasteiger partial charge in [-0.2, -0.15) is 0 Å². The molecule has 31 heavy (non-hydrogen) atoms. The fourth-order valence-electron chi connectivity index (χ4n) is 3.80. The van der Waals surface area contributed by atoms with E-state index in [-0.39, 0.29) is 12.3 Å². The largest absolute Gasteiger partial charge is 0.505 e. The van der Waals surface area contributed by atoms with Crippen molar-refractivity contribution in [2.45, 2.75) is 12.6 Å². The van der Waals surface area contributed by atoms with E-state index >= 15 is 0 Å². The molecule has 1 unspecified atom stereocenters. The number of halogens is 1. The molecule has 0 saturated carbocycles. The van der Waals surface area contributed by atoms with Gasteiger partial charge in [0.2, 0.25) is 5.91 Å². The van der Waals surface area contributed by atoms with Gasteiger partial charge in [-0.1, -0.05) is 48.0 Å². The molecular weight excluding hydrogens is 412 g/mol. The Morgan fingerprint density at radius 2 is 1.87 bits per heavy atom. The van der Waals surface area contributed by atoms with Crippen LogP contribution in [0.15, 0.2) is 79.3 Å². The molecule has 0 saturated heterocycles. The number of hydrogen-bond donors (Lipinski definition) is 2. The maximum Gasteiger partial charge on any atom is 0.231 e. The molecule has 0 aliphatic carbocycles. The number of pyridine rings is 2. The van der Waals surface area contributed by atoms with Crippen LogP contribution < -0.4 is 5.73 Å². The monoisotopic (exact) mass is 432 g/mol. The SMILES string of the molecule is NC(=O)CN(Cc1cccnc1)C(c1ccccc1)c1cc(Cl)c2cccnc2c1O. The van der Waals surface area contributed by atoms with Gasteiger partial charge in [-0.3, -0.25) is 19.7 Å². The van der Waals surface area contributed by atoms with E-state index in [0.717, 1.165) is 11.1 Å². The fourth-order valence-corrected chi connectivity index (χ4v) is 4.07. The summed E-state index contributed by atoms with van der Waals surface area (Å²) >= 11 is 6.57. The normalized spacial score (nSPS) is 12.2. The molecule has 156 valence electrons. The van der Waals surface area contributed by atoms with E-state index in [2.05, 4.69) is 9.97 Å². The van der Waals surface area contributed by atoms with Crippen LogP contribution in [-0.2, 0) is 11.3 Å². The predicted octanol–water partition coefficient (Wildman–Crippen LogP) is 4.07. The number of rotatable bonds is 7. The average molecular weight is 433 g/mol. The third-order valence-electron chi connectivity index (χ3n) is 5.09. The Hall–Kier alpha value is -3.48. The molecule has 2 aromatic heterocycles. The van der Waals surface area contributed by atoms with E-state index in [4.69, 9.17) is 17.3 Å². The molecule has 0 aliphatic heterocycles. The van der Waals surface area contributed by atoms with E-state index < -0.39 is 11.9 Å². The first kappa shape index (κ1) is 20.8. The molecule has 7 heteroatoms. The molecule has 1 atom stereocenters. The first-order valence-electron chi connectivity index (χ1n) is 9.77. The van der Waals surface area contributed by atoms with Crippen LogP contribution >= 0.6 is 11.6 Å². The average Bonchev–Trinajstić information content (AvgIpc) is 2.78. The summed E-state index contributed by atoms with van der Waals surface area (Å²) in [6.07, 6.45) is 5.04. The molecule has 4 aromatic rings. The van der Waals surface area contributed by atoms with Crippen molar-refractivity contribution in [3.8, 4) is 5.75 Å². The number of primary amides is 1. The van der Waals surface area contributed by atoms with Crippen LogP contribution in [0.3, 0.4) is 0 Å². The first-order chi connectivity index (χ1) is 15.0. The fraction of sp³-hybridized carbons (Fsp3) is 0.125. The smallest absolute Gasteiger partial charge is 0.231 e. The number of fused-ring (bicyclic) bond motifs is 1. The second-order valence-corrected chi connectivity index (χ2v) is 7.65. The molecule has 1 amide bonds. The van der Waals surface area contributed by atoms with Gasteiger partial charge < -0.3 is 10.8 Å². The lowest BCUT2D eigenvalue weighted by molar-refractivity contribution is -0.119. The molecule has 0 bridgehead atoms. The summed E-state index contributed by atoms with van der Waals surface area (Å²) in [6.45, 7) is 0.374. The van der Waals surface area contributed by atoms with Gasteiger partial charge in [0.05, 0.1) is 17.6 Å². The molecular formula is C24H21ClN4O2. The minimum Gasteiger partial charge on any atom is -0.505 e. The van der Waals surface area contributed by atoms with Gasteiger partial charge >= 0.3 is 0 Å². The van der Waals surface area contributed by atoms with Crippen molar-refractivity contribution in [1.82, 2.24) is 14.9 Å². The van der Waals surface area contributed by atoms with Crippen molar-refractivity contribution in [1.29, 1.82) is 0 Å². The summed E-state index contributed by atoms with van der Waals surface area (Å²) in [7, 11) is 0. The molecule has 0 fully saturated rings. The summed E-state index contributed by atoms with van der Waals surface area (Å²) in [4.78, 5) is 22.4. The maximum absolute atomic E-state index is 12.0. The number of aromatic nitrogens is 2. The van der Waals surface area contributed by atoms with E-state index in [9.17, 15) is 9.90 Å². The van der Waals surface area contributed by atoms with Crippen molar-refractivity contribution in [3.05, 3.63) is 101 Å². The maximum atomic E-state index is 12.0. The number of phenolic OH excluding ortho intramolecular Hbond substituents is 1. The van der Waals surface area contributed by atoms with E-state index in [0.29, 0.717) is 28.0 Å². The van der Waals surface area contributed by atoms with Crippen LogP contribution in [0.1, 0.15) is 22.7 Å². The number of amides is 1. The quantitative estimate of drug-likeness (QED) is 0.459. The van der Waals surface area contributed by atoms with Crippen LogP contribution in [0.5, 0.6) is 5.75 Å². The van der Waals surface area contributed by atoms with E-state index in [1.807, 2.05) is 53.4 Å². The molecule has 6 nitrogen and oxygen atoms in total. The van der Waals surface area contributed by atoms with Crippen molar-refractivity contribution >= 4 is 28.4 Å². The summed E-state index contributed by atoms with van der Waals surface area (Å²) in [5.74, 6) is -0.455. The topological polar surface area (TPSA) is 92.3 Å². The summed E-state index contributed by atoms with van der Waals surface area (Å²) < 4.78 is 0. The number of carbonyl (C=O) groups is 1. The minimum atomic E-state index is -0.488. The number of phenols is 1. The minimum absolute atomic E-state index is 0.0221. The Bertz CT molecular complexity index is 1200. The molecule has 0 spiro atoms. The lowest BCUT2D eigenvalue weighted by Crippen LogP contribution is -2.37. The molecule has 4 rings (SSSR count). The molecule has 2 aromatic carbocycles. The van der Waals surface area contributed by atoms with Crippen LogP contribution in [0, 0.1) is 0 Å². The number of hydrogen-bond acceptors (Lipinski definition) is 5. The number of carbonyl (C=O) groups excluding carboxylic acids is 1. The Morgan fingerprint density at radius 3 is 2.58 bits per heavy atom. The van der Waals surface area contributed by atoms with Crippen molar-refractivity contribution < 1.29 is 9.90 Å². The van der Waals surface area contributed by atoms with Crippen LogP contribution in [0.25, 0.3) is 10.9 Å². The van der Waals surface area contributed by atoms with Gasteiger partial charge in [0.15, 0.2) is 0 Å². The molecule has 2 heterocycles. The van der Waals surface area contributed by atoms with Gasteiger partial charge in [0.1, 0.15) is 11.3 Å². The summed E-state index contributed by atoms with van der Waals surface area (Å²) in [5.41, 5.74) is 8.35. The lowest BCUT2D eigenvalue weighted by Gasteiger charge is -2.32. The number of aromatic hydroxyl groups is 1. The third-order valence-corrected chi connectivity index (χ3v) is 5.40. The second kappa shape index (κ2) is 9.12. The summed E-state index contributed by atoms with van der Waals surface area (Å²) in [6, 6.07) is 18.2. The van der Waals surface area contributed by atoms with Gasteiger partial charge in [0.25, 0.3) is 0 Å². The Morgan fingerprint density at radius 1 is 1.10 bits per heavy atom. The first-order valence-corrected chi connectivity index (χ1v) is 10.1. The van der Waals surface area contributed by atoms with Crippen LogP contribution in [0.2, 0.25) is 5.02 Å². The second-order valence-electron chi connectivity index (χ2n) is 7.24. The zero-order valence-corrected chi connectivity index (χ0v) is 17.4. The van der Waals surface area contributed by atoms with Gasteiger partial charge in [0, 0.05) is 36.1 Å². The number of benzene rings is 2. The molecule has 3 N–H and O–H groups in total. The number of nitrogens with two attached hydrogens (primary N) is 1. The van der Waals surface area contributed by atoms with Gasteiger partial charge in [-0.05, 0) is 35.4 Å². The van der Waals surface area contributed by atoms with E-state index in [1.165, 1.54) is 0 Å². The Labute approximate surface area is 184 Å². The van der Waals surface area contributed by atoms with E-state index in [1.54, 1.807) is 30.7 Å². The molecule has 0 radical (unpaired) electrons. The van der Waals surface area contributed by atoms with Crippen molar-refractivity contribution in [3.63, 3.8) is 0 Å². The number of nitrogens with zero attached hydrogens (tertiary/aromatic N) is 3. The van der Waals surface area contributed by atoms with Gasteiger partial charge in [-0.25, -0.2) is 0 Å². The van der Waals surface area contributed by atoms with Crippen LogP contribution in [0.4, 0.5) is 0 Å². The predicted molar refractivity (Wildman–Crippen MR) is 121 cm³/mol. The van der Waals surface area contributed by atoms with Gasteiger partial charge in [-0.15, -0.1) is 0 Å². The zero-order chi connectivity index (χ0) is 21.8. The highest BCUT2D eigenvalue weighted by Gasteiger charge is 2.28. The summed E-state index contributed by atoms with van der Waals surface area (Å²) in [5, 5.41) is 12.3. The Kier molecular flexibility index (Phi) is 6.11.